The van der Waals surface area contributed by atoms with Gasteiger partial charge in [-0.25, -0.2) is 4.79 Å². The largest absolute Gasteiger partial charge is 1.00 e. The number of rotatable bonds is 11. The molecule has 0 heterocycles. The van der Waals surface area contributed by atoms with Gasteiger partial charge in [0.05, 0.1) is 6.04 Å². The smallest absolute Gasteiger partial charge is 0.480 e. The third-order valence-electron chi connectivity index (χ3n) is 3.89. The number of carbonyl (C=O) groups is 3. The van der Waals surface area contributed by atoms with Crippen LogP contribution in [-0.4, -0.2) is 53.5 Å². The number of nitrogens with zero attached hydrogens (tertiary/aromatic N) is 1. The number of aliphatic carboxylic acids is 1. The minimum atomic E-state index is -1.17. The number of carbonyl (C=O) groups excluding carboxylic acids is 2. The van der Waals surface area contributed by atoms with Crippen molar-refractivity contribution >= 4 is 23.7 Å². The van der Waals surface area contributed by atoms with Gasteiger partial charge in [-0.2, -0.15) is 0 Å². The van der Waals surface area contributed by atoms with Crippen LogP contribution in [0.25, 0.3) is 0 Å². The van der Waals surface area contributed by atoms with E-state index in [9.17, 15) is 19.5 Å². The Bertz CT molecular complexity index is 695. The third kappa shape index (κ3) is 10.5. The van der Waals surface area contributed by atoms with Gasteiger partial charge in [0.1, 0.15) is 12.1 Å². The SMILES string of the molecule is CC(N)C(=O)NC(CCCN=C(N)N)C(=O)NC(Cc1ccccc1)C(=O)O.[Cu+]. The zero-order valence-corrected chi connectivity index (χ0v) is 17.0. The summed E-state index contributed by atoms with van der Waals surface area (Å²) >= 11 is 0. The van der Waals surface area contributed by atoms with E-state index >= 15 is 0 Å². The average molecular weight is 456 g/mol. The van der Waals surface area contributed by atoms with Gasteiger partial charge in [0, 0.05) is 13.0 Å². The zero-order chi connectivity index (χ0) is 21.1. The molecule has 10 nitrogen and oxygen atoms in total. The van der Waals surface area contributed by atoms with Crippen molar-refractivity contribution in [2.45, 2.75) is 44.3 Å². The predicted octanol–water partition coefficient (Wildman–Crippen LogP) is -1.32. The number of hydrogen-bond acceptors (Lipinski definition) is 5. The Morgan fingerprint density at radius 1 is 1.07 bits per heavy atom. The average Bonchev–Trinajstić information content (AvgIpc) is 2.63. The van der Waals surface area contributed by atoms with Crippen LogP contribution in [0.4, 0.5) is 0 Å². The Labute approximate surface area is 180 Å². The van der Waals surface area contributed by atoms with Gasteiger partial charge in [0.15, 0.2) is 5.96 Å². The Balaban J connectivity index is 0.00000784. The molecular formula is C18H28CuN6O4+. The second kappa shape index (κ2) is 13.5. The van der Waals surface area contributed by atoms with Crippen molar-refractivity contribution < 1.29 is 36.6 Å². The fraction of sp³-hybridized carbons (Fsp3) is 0.444. The minimum absolute atomic E-state index is 0. The number of amides is 2. The van der Waals surface area contributed by atoms with Crippen molar-refractivity contribution in [3.8, 4) is 0 Å². The molecule has 164 valence electrons. The van der Waals surface area contributed by atoms with E-state index in [1.165, 1.54) is 6.92 Å². The fourth-order valence-electron chi connectivity index (χ4n) is 2.40. The molecule has 3 atom stereocenters. The third-order valence-corrected chi connectivity index (χ3v) is 3.89. The molecule has 2 amide bonds. The Hall–Kier alpha value is -2.62. The van der Waals surface area contributed by atoms with Gasteiger partial charge in [-0.3, -0.25) is 14.6 Å². The van der Waals surface area contributed by atoms with Gasteiger partial charge < -0.3 is 32.9 Å². The standard InChI is InChI=1S/C18H28N6O4.Cu/c1-11(19)15(25)23-13(8-5-9-22-18(20)21)16(26)24-14(17(27)28)10-12-6-3-2-4-7-12;/h2-4,6-7,11,13-14H,5,8-10,19H2,1H3,(H,23,25)(H,24,26)(H,27,28)(H4,20,21,22);/q;+1. The van der Waals surface area contributed by atoms with Crippen molar-refractivity contribution in [2.75, 3.05) is 6.54 Å². The maximum absolute atomic E-state index is 12.6. The second-order valence-electron chi connectivity index (χ2n) is 6.39. The second-order valence-corrected chi connectivity index (χ2v) is 6.39. The number of carboxylic acid groups (broad SMARTS) is 1. The van der Waals surface area contributed by atoms with Crippen LogP contribution in [0.1, 0.15) is 25.3 Å². The maximum Gasteiger partial charge on any atom is 1.00 e. The van der Waals surface area contributed by atoms with E-state index in [4.69, 9.17) is 17.2 Å². The summed E-state index contributed by atoms with van der Waals surface area (Å²) in [7, 11) is 0. The molecule has 0 saturated heterocycles. The first-order valence-electron chi connectivity index (χ1n) is 8.89. The van der Waals surface area contributed by atoms with Crippen molar-refractivity contribution in [2.24, 2.45) is 22.2 Å². The van der Waals surface area contributed by atoms with Crippen molar-refractivity contribution in [1.29, 1.82) is 0 Å². The van der Waals surface area contributed by atoms with Crippen LogP contribution < -0.4 is 27.8 Å². The number of guanidine groups is 1. The molecule has 1 rings (SSSR count). The fourth-order valence-corrected chi connectivity index (χ4v) is 2.40. The predicted molar refractivity (Wildman–Crippen MR) is 105 cm³/mol. The Morgan fingerprint density at radius 2 is 1.66 bits per heavy atom. The van der Waals surface area contributed by atoms with Crippen molar-refractivity contribution in [3.63, 3.8) is 0 Å². The van der Waals surface area contributed by atoms with E-state index in [1.807, 2.05) is 6.07 Å². The molecule has 11 heteroatoms. The molecular weight excluding hydrogens is 428 g/mol. The van der Waals surface area contributed by atoms with E-state index in [0.717, 1.165) is 5.56 Å². The van der Waals surface area contributed by atoms with Crippen LogP contribution >= 0.6 is 0 Å². The molecule has 1 aromatic rings. The van der Waals surface area contributed by atoms with Crippen LogP contribution in [0.15, 0.2) is 35.3 Å². The van der Waals surface area contributed by atoms with Crippen LogP contribution in [0.3, 0.4) is 0 Å². The Kier molecular flexibility index (Phi) is 12.3. The quantitative estimate of drug-likeness (QED) is 0.103. The van der Waals surface area contributed by atoms with Crippen LogP contribution in [0.5, 0.6) is 0 Å². The molecule has 1 aromatic carbocycles. The summed E-state index contributed by atoms with van der Waals surface area (Å²) < 4.78 is 0. The monoisotopic (exact) mass is 455 g/mol. The van der Waals surface area contributed by atoms with Crippen molar-refractivity contribution in [1.82, 2.24) is 10.6 Å². The van der Waals surface area contributed by atoms with Gasteiger partial charge in [0.25, 0.3) is 0 Å². The van der Waals surface area contributed by atoms with E-state index in [1.54, 1.807) is 24.3 Å². The number of hydrogen-bond donors (Lipinski definition) is 6. The van der Waals surface area contributed by atoms with Gasteiger partial charge in [-0.05, 0) is 25.3 Å². The van der Waals surface area contributed by atoms with E-state index in [2.05, 4.69) is 15.6 Å². The van der Waals surface area contributed by atoms with Crippen molar-refractivity contribution in [3.05, 3.63) is 35.9 Å². The maximum atomic E-state index is 12.6. The molecule has 0 bridgehead atoms. The summed E-state index contributed by atoms with van der Waals surface area (Å²) in [6.07, 6.45) is 0.744. The minimum Gasteiger partial charge on any atom is -0.480 e. The van der Waals surface area contributed by atoms with Gasteiger partial charge in [-0.15, -0.1) is 0 Å². The normalized spacial score (nSPS) is 13.2. The van der Waals surface area contributed by atoms with E-state index in [-0.39, 0.29) is 42.4 Å². The topological polar surface area (TPSA) is 186 Å². The molecule has 0 fully saturated rings. The molecule has 0 aromatic heterocycles. The molecule has 0 aliphatic carbocycles. The summed E-state index contributed by atoms with van der Waals surface area (Å²) in [5.74, 6) is -2.37. The molecule has 0 spiro atoms. The molecule has 9 N–H and O–H groups in total. The summed E-state index contributed by atoms with van der Waals surface area (Å²) in [5.41, 5.74) is 16.8. The van der Waals surface area contributed by atoms with Gasteiger partial charge in [-0.1, -0.05) is 30.3 Å². The molecule has 0 aliphatic rings. The molecule has 0 saturated carbocycles. The number of nitrogens with two attached hydrogens (primary N) is 3. The van der Waals surface area contributed by atoms with Crippen LogP contribution in [0.2, 0.25) is 0 Å². The summed E-state index contributed by atoms with van der Waals surface area (Å²) in [6.45, 7) is 1.76. The number of nitrogens with one attached hydrogen (secondary N) is 2. The number of benzene rings is 1. The molecule has 3 unspecified atom stereocenters. The van der Waals surface area contributed by atoms with Gasteiger partial charge >= 0.3 is 23.0 Å². The van der Waals surface area contributed by atoms with Gasteiger partial charge in [0.2, 0.25) is 11.8 Å². The molecule has 29 heavy (non-hydrogen) atoms. The van der Waals surface area contributed by atoms with Crippen LogP contribution in [0, 0.1) is 0 Å². The molecule has 0 aliphatic heterocycles. The van der Waals surface area contributed by atoms with Crippen LogP contribution in [-0.2, 0) is 37.9 Å². The summed E-state index contributed by atoms with van der Waals surface area (Å²) in [4.78, 5) is 39.9. The number of carboxylic acids is 1. The first-order chi connectivity index (χ1) is 13.2. The molecule has 0 radical (unpaired) electrons. The summed E-state index contributed by atoms with van der Waals surface area (Å²) in [6, 6.07) is 6.02. The first kappa shape index (κ1) is 26.4. The Morgan fingerprint density at radius 3 is 2.17 bits per heavy atom. The van der Waals surface area contributed by atoms with E-state index in [0.29, 0.717) is 6.42 Å². The zero-order valence-electron chi connectivity index (χ0n) is 16.1. The van der Waals surface area contributed by atoms with E-state index < -0.39 is 35.9 Å². The first-order valence-corrected chi connectivity index (χ1v) is 8.89. The number of aliphatic imine (C=N–C) groups is 1. The summed E-state index contributed by atoms with van der Waals surface area (Å²) in [5, 5.41) is 14.5.